The second-order valence-corrected chi connectivity index (χ2v) is 7.79. The Morgan fingerprint density at radius 1 is 1.21 bits per heavy atom. The molecule has 2 aromatic carbocycles. The maximum Gasteiger partial charge on any atom is 0.259 e. The van der Waals surface area contributed by atoms with Crippen molar-refractivity contribution in [3.63, 3.8) is 0 Å². The number of aryl methyl sites for hydroxylation is 1. The fourth-order valence-corrected chi connectivity index (χ4v) is 3.33. The van der Waals surface area contributed by atoms with Crippen molar-refractivity contribution in [2.75, 3.05) is 13.2 Å². The molecule has 1 N–H and O–H groups in total. The highest BCUT2D eigenvalue weighted by molar-refractivity contribution is 9.10. The number of hydrogen-bond donors (Lipinski definition) is 1. The molecule has 7 nitrogen and oxygen atoms in total. The van der Waals surface area contributed by atoms with Crippen LogP contribution in [-0.4, -0.2) is 28.0 Å². The topological polar surface area (TPSA) is 98.1 Å². The van der Waals surface area contributed by atoms with Gasteiger partial charge in [-0.05, 0) is 53.9 Å². The number of nitrogens with zero attached hydrogens (tertiary/aromatic N) is 2. The Hall–Kier alpha value is -2.58. The molecule has 0 saturated carbocycles. The first kappa shape index (κ1) is 20.2. The van der Waals surface area contributed by atoms with E-state index in [2.05, 4.69) is 25.9 Å². The fourth-order valence-electron chi connectivity index (χ4n) is 2.90. The quantitative estimate of drug-likeness (QED) is 0.452. The van der Waals surface area contributed by atoms with Gasteiger partial charge in [0.05, 0.1) is 16.5 Å². The molecule has 1 heterocycles. The van der Waals surface area contributed by atoms with Crippen LogP contribution in [0, 0.1) is 17.0 Å². The van der Waals surface area contributed by atoms with Crippen LogP contribution in [0.15, 0.2) is 45.7 Å². The van der Waals surface area contributed by atoms with Crippen molar-refractivity contribution < 1.29 is 9.66 Å². The molecular weight excluding hydrogens is 426 g/mol. The Morgan fingerprint density at radius 2 is 1.89 bits per heavy atom. The maximum atomic E-state index is 12.4. The van der Waals surface area contributed by atoms with Crippen molar-refractivity contribution in [2.24, 2.45) is 0 Å². The van der Waals surface area contributed by atoms with Crippen LogP contribution in [0.5, 0.6) is 0 Å². The molecule has 28 heavy (non-hydrogen) atoms. The molecule has 0 saturated heterocycles. The number of fused-ring (bicyclic) bond motifs is 1. The zero-order chi connectivity index (χ0) is 20.5. The van der Waals surface area contributed by atoms with Crippen LogP contribution in [0.1, 0.15) is 25.0 Å². The Balaban J connectivity index is 1.92. The zero-order valence-corrected chi connectivity index (χ0v) is 17.4. The summed E-state index contributed by atoms with van der Waals surface area (Å²) in [4.78, 5) is 30.0. The van der Waals surface area contributed by atoms with Gasteiger partial charge in [0.2, 0.25) is 6.54 Å². The number of hydrogen-bond acceptors (Lipinski definition) is 5. The van der Waals surface area contributed by atoms with E-state index in [0.29, 0.717) is 16.7 Å². The number of benzene rings is 2. The molecule has 8 heteroatoms. The van der Waals surface area contributed by atoms with Crippen LogP contribution in [0.3, 0.4) is 0 Å². The highest BCUT2D eigenvalue weighted by Crippen LogP contribution is 2.28. The van der Waals surface area contributed by atoms with Crippen molar-refractivity contribution in [3.05, 3.63) is 72.5 Å². The van der Waals surface area contributed by atoms with E-state index >= 15 is 0 Å². The van der Waals surface area contributed by atoms with E-state index in [1.165, 1.54) is 0 Å². The second-order valence-electron chi connectivity index (χ2n) is 7.00. The monoisotopic (exact) mass is 445 g/mol. The second kappa shape index (κ2) is 7.81. The standard InChI is InChI=1S/C20H20BrN3O4/c1-12-4-9-15-17(16(12)21)22-18(23-19(15)25)13-5-7-14(8-6-13)20(2,3)28-11-10-24(26)27/h4-9H,10-11H2,1-3H3,(H,22,23,25). The van der Waals surface area contributed by atoms with Crippen LogP contribution in [0.4, 0.5) is 0 Å². The number of aromatic amines is 1. The molecule has 0 aliphatic carbocycles. The molecule has 0 fully saturated rings. The number of nitro groups is 1. The number of ether oxygens (including phenoxy) is 1. The van der Waals surface area contributed by atoms with Crippen molar-refractivity contribution in [1.29, 1.82) is 0 Å². The van der Waals surface area contributed by atoms with Gasteiger partial charge in [-0.15, -0.1) is 0 Å². The van der Waals surface area contributed by atoms with Gasteiger partial charge < -0.3 is 9.72 Å². The smallest absolute Gasteiger partial charge is 0.259 e. The minimum atomic E-state index is -0.668. The largest absolute Gasteiger partial charge is 0.364 e. The van der Waals surface area contributed by atoms with Crippen LogP contribution in [-0.2, 0) is 10.3 Å². The summed E-state index contributed by atoms with van der Waals surface area (Å²) in [6.45, 7) is 5.46. The van der Waals surface area contributed by atoms with Crippen LogP contribution < -0.4 is 5.56 Å². The third-order valence-electron chi connectivity index (χ3n) is 4.60. The van der Waals surface area contributed by atoms with E-state index < -0.39 is 10.5 Å². The number of halogens is 1. The molecule has 0 unspecified atom stereocenters. The van der Waals surface area contributed by atoms with Crippen molar-refractivity contribution in [3.8, 4) is 11.4 Å². The molecule has 0 spiro atoms. The van der Waals surface area contributed by atoms with E-state index in [1.807, 2.05) is 51.1 Å². The van der Waals surface area contributed by atoms with Gasteiger partial charge in [0.25, 0.3) is 5.56 Å². The molecule has 0 radical (unpaired) electrons. The van der Waals surface area contributed by atoms with Gasteiger partial charge in [0, 0.05) is 15.0 Å². The first-order chi connectivity index (χ1) is 13.2. The number of aromatic nitrogens is 2. The SMILES string of the molecule is Cc1ccc2c(=O)[nH]c(-c3ccc(C(C)(C)OCC[N+](=O)[O-])cc3)nc2c1Br. The summed E-state index contributed by atoms with van der Waals surface area (Å²) in [6, 6.07) is 11.1. The van der Waals surface area contributed by atoms with E-state index in [-0.39, 0.29) is 18.7 Å². The Kier molecular flexibility index (Phi) is 5.62. The van der Waals surface area contributed by atoms with Crippen LogP contribution in [0.25, 0.3) is 22.3 Å². The lowest BCUT2D eigenvalue weighted by Gasteiger charge is -2.25. The molecule has 0 amide bonds. The minimum Gasteiger partial charge on any atom is -0.364 e. The van der Waals surface area contributed by atoms with Gasteiger partial charge in [0.1, 0.15) is 12.4 Å². The summed E-state index contributed by atoms with van der Waals surface area (Å²) in [5, 5.41) is 11.0. The highest BCUT2D eigenvalue weighted by atomic mass is 79.9. The van der Waals surface area contributed by atoms with Crippen molar-refractivity contribution in [1.82, 2.24) is 9.97 Å². The molecule has 146 valence electrons. The predicted molar refractivity (Wildman–Crippen MR) is 111 cm³/mol. The summed E-state index contributed by atoms with van der Waals surface area (Å²) >= 11 is 3.51. The first-order valence-electron chi connectivity index (χ1n) is 8.75. The minimum absolute atomic E-state index is 0.0364. The van der Waals surface area contributed by atoms with Gasteiger partial charge in [0.15, 0.2) is 0 Å². The fraction of sp³-hybridized carbons (Fsp3) is 0.300. The number of H-pyrrole nitrogens is 1. The third kappa shape index (κ3) is 4.13. The zero-order valence-electron chi connectivity index (χ0n) is 15.8. The predicted octanol–water partition coefficient (Wildman–Crippen LogP) is 4.19. The summed E-state index contributed by atoms with van der Waals surface area (Å²) in [5.74, 6) is 0.474. The van der Waals surface area contributed by atoms with Crippen molar-refractivity contribution >= 4 is 26.8 Å². The highest BCUT2D eigenvalue weighted by Gasteiger charge is 2.22. The average molecular weight is 446 g/mol. The molecule has 1 aromatic heterocycles. The van der Waals surface area contributed by atoms with Gasteiger partial charge >= 0.3 is 0 Å². The Morgan fingerprint density at radius 3 is 2.54 bits per heavy atom. The van der Waals surface area contributed by atoms with Crippen LogP contribution >= 0.6 is 15.9 Å². The summed E-state index contributed by atoms with van der Waals surface area (Å²) < 4.78 is 6.46. The van der Waals surface area contributed by atoms with Gasteiger partial charge in [-0.1, -0.05) is 30.3 Å². The molecule has 3 aromatic rings. The summed E-state index contributed by atoms with van der Waals surface area (Å²) in [6.07, 6.45) is 0. The van der Waals surface area contributed by atoms with Gasteiger partial charge in [-0.25, -0.2) is 4.98 Å². The van der Waals surface area contributed by atoms with Crippen LogP contribution in [0.2, 0.25) is 0 Å². The number of nitrogens with one attached hydrogen (secondary N) is 1. The molecule has 3 rings (SSSR count). The molecule has 0 aliphatic rings. The van der Waals surface area contributed by atoms with Gasteiger partial charge in [-0.3, -0.25) is 14.9 Å². The van der Waals surface area contributed by atoms with Gasteiger partial charge in [-0.2, -0.15) is 0 Å². The Bertz CT molecular complexity index is 1090. The Labute approximate surface area is 170 Å². The summed E-state index contributed by atoms with van der Waals surface area (Å²) in [7, 11) is 0. The molecule has 0 atom stereocenters. The first-order valence-corrected chi connectivity index (χ1v) is 9.54. The lowest BCUT2D eigenvalue weighted by molar-refractivity contribution is -0.485. The maximum absolute atomic E-state index is 12.4. The lowest BCUT2D eigenvalue weighted by atomic mass is 9.96. The lowest BCUT2D eigenvalue weighted by Crippen LogP contribution is -2.24. The molecule has 0 aliphatic heterocycles. The van der Waals surface area contributed by atoms with E-state index in [9.17, 15) is 14.9 Å². The normalized spacial score (nSPS) is 11.7. The average Bonchev–Trinajstić information content (AvgIpc) is 2.64. The molecule has 0 bridgehead atoms. The van der Waals surface area contributed by atoms with E-state index in [4.69, 9.17) is 4.74 Å². The van der Waals surface area contributed by atoms with E-state index in [0.717, 1.165) is 21.2 Å². The molecular formula is C20H20BrN3O4. The van der Waals surface area contributed by atoms with E-state index in [1.54, 1.807) is 6.07 Å². The van der Waals surface area contributed by atoms with Crippen molar-refractivity contribution in [2.45, 2.75) is 26.4 Å². The summed E-state index contributed by atoms with van der Waals surface area (Å²) in [5.41, 5.74) is 2.39. The third-order valence-corrected chi connectivity index (χ3v) is 5.60. The number of rotatable bonds is 6.